The first kappa shape index (κ1) is 19.3. The van der Waals surface area contributed by atoms with Gasteiger partial charge in [-0.2, -0.15) is 0 Å². The molecule has 0 aliphatic rings. The van der Waals surface area contributed by atoms with Crippen molar-refractivity contribution < 1.29 is 4.74 Å². The van der Waals surface area contributed by atoms with Crippen LogP contribution in [0.4, 0.5) is 0 Å². The summed E-state index contributed by atoms with van der Waals surface area (Å²) in [6, 6.07) is 8.08. The summed E-state index contributed by atoms with van der Waals surface area (Å²) in [4.78, 5) is 6.63. The van der Waals surface area contributed by atoms with Crippen molar-refractivity contribution in [1.82, 2.24) is 15.5 Å². The van der Waals surface area contributed by atoms with Gasteiger partial charge in [0.25, 0.3) is 0 Å². The average Bonchev–Trinajstić information content (AvgIpc) is 2.56. The molecule has 0 aromatic heterocycles. The maximum absolute atomic E-state index is 5.96. The van der Waals surface area contributed by atoms with Gasteiger partial charge in [0.15, 0.2) is 5.96 Å². The number of rotatable bonds is 9. The second kappa shape index (κ2) is 10.9. The highest BCUT2D eigenvalue weighted by atomic mass is 16.5. The maximum atomic E-state index is 5.96. The monoisotopic (exact) mass is 320 g/mol. The molecule has 5 heteroatoms. The van der Waals surface area contributed by atoms with Crippen LogP contribution in [0.1, 0.15) is 26.3 Å². The van der Waals surface area contributed by atoms with Gasteiger partial charge in [-0.1, -0.05) is 32.0 Å². The fourth-order valence-electron chi connectivity index (χ4n) is 2.28. The number of ether oxygens (including phenoxy) is 1. The van der Waals surface area contributed by atoms with E-state index in [4.69, 9.17) is 4.74 Å². The minimum Gasteiger partial charge on any atom is -0.489 e. The van der Waals surface area contributed by atoms with E-state index in [0.717, 1.165) is 43.5 Å². The predicted octanol–water partition coefficient (Wildman–Crippen LogP) is 2.27. The van der Waals surface area contributed by atoms with Gasteiger partial charge in [-0.25, -0.2) is 0 Å². The Bertz CT molecular complexity index is 472. The van der Waals surface area contributed by atoms with Crippen molar-refractivity contribution in [1.29, 1.82) is 0 Å². The van der Waals surface area contributed by atoms with Gasteiger partial charge in [0, 0.05) is 20.1 Å². The molecule has 0 spiro atoms. The van der Waals surface area contributed by atoms with E-state index in [2.05, 4.69) is 54.3 Å². The predicted molar refractivity (Wildman–Crippen MR) is 98.4 cm³/mol. The Morgan fingerprint density at radius 2 is 1.91 bits per heavy atom. The highest BCUT2D eigenvalue weighted by Gasteiger charge is 2.07. The molecule has 1 aromatic carbocycles. The molecule has 5 nitrogen and oxygen atoms in total. The molecule has 130 valence electrons. The average molecular weight is 320 g/mol. The number of likely N-dealkylation sites (N-methyl/N-ethyl adjacent to an activating group) is 1. The van der Waals surface area contributed by atoms with Crippen LogP contribution < -0.4 is 15.4 Å². The molecule has 0 amide bonds. The van der Waals surface area contributed by atoms with Crippen LogP contribution in [0.15, 0.2) is 29.3 Å². The van der Waals surface area contributed by atoms with E-state index in [9.17, 15) is 0 Å². The van der Waals surface area contributed by atoms with Crippen molar-refractivity contribution in [2.24, 2.45) is 4.99 Å². The van der Waals surface area contributed by atoms with Crippen LogP contribution in [0.3, 0.4) is 0 Å². The number of hydrogen-bond acceptors (Lipinski definition) is 3. The quantitative estimate of drug-likeness (QED) is 0.541. The van der Waals surface area contributed by atoms with E-state index in [-0.39, 0.29) is 6.10 Å². The minimum atomic E-state index is 0.0671. The van der Waals surface area contributed by atoms with Crippen LogP contribution in [0.5, 0.6) is 5.75 Å². The molecule has 0 saturated carbocycles. The van der Waals surface area contributed by atoms with Gasteiger partial charge in [-0.05, 0) is 38.6 Å². The van der Waals surface area contributed by atoms with E-state index in [0.29, 0.717) is 6.54 Å². The third-order valence-electron chi connectivity index (χ3n) is 3.82. The fourth-order valence-corrected chi connectivity index (χ4v) is 2.28. The number of hydrogen-bond donors (Lipinski definition) is 2. The first-order valence-electron chi connectivity index (χ1n) is 8.49. The molecule has 1 atom stereocenters. The van der Waals surface area contributed by atoms with E-state index in [1.165, 1.54) is 0 Å². The van der Waals surface area contributed by atoms with Crippen molar-refractivity contribution in [3.05, 3.63) is 29.8 Å². The zero-order valence-electron chi connectivity index (χ0n) is 15.2. The molecule has 0 fully saturated rings. The van der Waals surface area contributed by atoms with Crippen molar-refractivity contribution >= 4 is 5.96 Å². The van der Waals surface area contributed by atoms with Gasteiger partial charge in [0.2, 0.25) is 0 Å². The van der Waals surface area contributed by atoms with Crippen molar-refractivity contribution in [3.8, 4) is 5.75 Å². The van der Waals surface area contributed by atoms with Crippen LogP contribution in [-0.4, -0.2) is 56.7 Å². The topological polar surface area (TPSA) is 48.9 Å². The van der Waals surface area contributed by atoms with Crippen LogP contribution in [0, 0.1) is 6.92 Å². The Hall–Kier alpha value is -1.75. The molecule has 0 saturated heterocycles. The molecular formula is C18H32N4O. The number of benzene rings is 1. The zero-order chi connectivity index (χ0) is 17.1. The van der Waals surface area contributed by atoms with E-state index in [1.54, 1.807) is 7.05 Å². The molecule has 2 N–H and O–H groups in total. The number of guanidine groups is 1. The lowest BCUT2D eigenvalue weighted by Gasteiger charge is -2.21. The second-order valence-electron chi connectivity index (χ2n) is 5.60. The summed E-state index contributed by atoms with van der Waals surface area (Å²) < 4.78 is 5.96. The SMILES string of the molecule is CCN(CC)CCNC(=NC)NCC(C)Oc1ccccc1C. The van der Waals surface area contributed by atoms with Gasteiger partial charge >= 0.3 is 0 Å². The van der Waals surface area contributed by atoms with Crippen LogP contribution >= 0.6 is 0 Å². The van der Waals surface area contributed by atoms with Crippen LogP contribution in [0.25, 0.3) is 0 Å². The van der Waals surface area contributed by atoms with Crippen molar-refractivity contribution in [2.75, 3.05) is 39.8 Å². The van der Waals surface area contributed by atoms with Gasteiger partial charge in [0.05, 0.1) is 6.54 Å². The summed E-state index contributed by atoms with van der Waals surface area (Å²) in [6.07, 6.45) is 0.0671. The maximum Gasteiger partial charge on any atom is 0.191 e. The van der Waals surface area contributed by atoms with Gasteiger partial charge in [-0.3, -0.25) is 4.99 Å². The molecule has 0 aliphatic carbocycles. The Morgan fingerprint density at radius 1 is 1.22 bits per heavy atom. The third kappa shape index (κ3) is 7.37. The third-order valence-corrected chi connectivity index (χ3v) is 3.82. The normalized spacial score (nSPS) is 13.0. The number of aliphatic imine (C=N–C) groups is 1. The van der Waals surface area contributed by atoms with Gasteiger partial charge < -0.3 is 20.3 Å². The summed E-state index contributed by atoms with van der Waals surface area (Å²) in [6.45, 7) is 13.2. The number of aryl methyl sites for hydroxylation is 1. The lowest BCUT2D eigenvalue weighted by atomic mass is 10.2. The van der Waals surface area contributed by atoms with E-state index >= 15 is 0 Å². The standard InChI is InChI=1S/C18H32N4O/c1-6-22(7-2)13-12-20-18(19-5)21-14-16(4)23-17-11-9-8-10-15(17)3/h8-11,16H,6-7,12-14H2,1-5H3,(H2,19,20,21). The molecule has 1 aromatic rings. The van der Waals surface area contributed by atoms with Gasteiger partial charge in [0.1, 0.15) is 11.9 Å². The first-order valence-corrected chi connectivity index (χ1v) is 8.49. The molecule has 23 heavy (non-hydrogen) atoms. The number of nitrogens with one attached hydrogen (secondary N) is 2. The molecule has 0 heterocycles. The number of para-hydroxylation sites is 1. The Balaban J connectivity index is 2.32. The summed E-state index contributed by atoms with van der Waals surface area (Å²) in [5.41, 5.74) is 1.15. The smallest absolute Gasteiger partial charge is 0.191 e. The summed E-state index contributed by atoms with van der Waals surface area (Å²) >= 11 is 0. The summed E-state index contributed by atoms with van der Waals surface area (Å²) in [7, 11) is 1.79. The van der Waals surface area contributed by atoms with Gasteiger partial charge in [-0.15, -0.1) is 0 Å². The minimum absolute atomic E-state index is 0.0671. The van der Waals surface area contributed by atoms with Crippen molar-refractivity contribution in [2.45, 2.75) is 33.8 Å². The van der Waals surface area contributed by atoms with E-state index < -0.39 is 0 Å². The molecule has 0 aliphatic heterocycles. The molecular weight excluding hydrogens is 288 g/mol. The highest BCUT2D eigenvalue weighted by Crippen LogP contribution is 2.17. The lowest BCUT2D eigenvalue weighted by molar-refractivity contribution is 0.222. The second-order valence-corrected chi connectivity index (χ2v) is 5.60. The molecule has 1 rings (SSSR count). The first-order chi connectivity index (χ1) is 11.1. The number of nitrogens with zero attached hydrogens (tertiary/aromatic N) is 2. The van der Waals surface area contributed by atoms with Crippen LogP contribution in [0.2, 0.25) is 0 Å². The molecule has 0 bridgehead atoms. The summed E-state index contributed by atoms with van der Waals surface area (Å²) in [5.74, 6) is 1.75. The zero-order valence-corrected chi connectivity index (χ0v) is 15.2. The largest absolute Gasteiger partial charge is 0.489 e. The van der Waals surface area contributed by atoms with Crippen LogP contribution in [-0.2, 0) is 0 Å². The Kier molecular flexibility index (Phi) is 9.14. The van der Waals surface area contributed by atoms with Crippen molar-refractivity contribution in [3.63, 3.8) is 0 Å². The highest BCUT2D eigenvalue weighted by molar-refractivity contribution is 5.79. The lowest BCUT2D eigenvalue weighted by Crippen LogP contribution is -2.44. The summed E-state index contributed by atoms with van der Waals surface area (Å²) in [5, 5.41) is 6.65. The fraction of sp³-hybridized carbons (Fsp3) is 0.611. The molecule has 1 unspecified atom stereocenters. The molecule has 0 radical (unpaired) electrons. The Morgan fingerprint density at radius 3 is 2.52 bits per heavy atom. The Labute approximate surface area is 141 Å². The van der Waals surface area contributed by atoms with E-state index in [1.807, 2.05) is 18.2 Å².